The molecule has 4 rings (SSSR count). The van der Waals surface area contributed by atoms with Crippen molar-refractivity contribution in [2.45, 2.75) is 16.7 Å². The van der Waals surface area contributed by atoms with Gasteiger partial charge in [-0.05, 0) is 72.8 Å². The zero-order chi connectivity index (χ0) is 21.1. The van der Waals surface area contributed by atoms with E-state index in [9.17, 15) is 4.79 Å². The first-order chi connectivity index (χ1) is 14.5. The van der Waals surface area contributed by atoms with Gasteiger partial charge in [-0.2, -0.15) is 0 Å². The van der Waals surface area contributed by atoms with E-state index in [0.29, 0.717) is 25.8 Å². The Morgan fingerprint density at radius 2 is 1.60 bits per heavy atom. The Bertz CT molecular complexity index is 1160. The summed E-state index contributed by atoms with van der Waals surface area (Å²) in [6, 6.07) is 21.7. The summed E-state index contributed by atoms with van der Waals surface area (Å²) in [5, 5.41) is 4.18. The third-order valence-corrected chi connectivity index (χ3v) is 6.88. The maximum Gasteiger partial charge on any atom is 0.264 e. The molecule has 7 heteroatoms. The highest BCUT2D eigenvalue weighted by Gasteiger charge is 2.23. The van der Waals surface area contributed by atoms with Gasteiger partial charge in [0.05, 0.1) is 20.6 Å². The maximum absolute atomic E-state index is 12.3. The summed E-state index contributed by atoms with van der Waals surface area (Å²) in [5.74, 6) is -0.170. The van der Waals surface area contributed by atoms with Crippen LogP contribution in [-0.4, -0.2) is 11.1 Å². The second-order valence-corrected chi connectivity index (χ2v) is 9.56. The number of rotatable bonds is 4. The Balaban J connectivity index is 1.46. The number of amidine groups is 1. The molecule has 0 spiro atoms. The van der Waals surface area contributed by atoms with Crippen LogP contribution >= 0.6 is 46.7 Å². The summed E-state index contributed by atoms with van der Waals surface area (Å²) < 4.78 is 0. The number of nitrogens with one attached hydrogen (secondary N) is 1. The van der Waals surface area contributed by atoms with Crippen LogP contribution in [0.5, 0.6) is 0 Å². The van der Waals surface area contributed by atoms with Crippen molar-refractivity contribution < 1.29 is 4.79 Å². The van der Waals surface area contributed by atoms with Crippen molar-refractivity contribution in [3.63, 3.8) is 0 Å². The fourth-order valence-electron chi connectivity index (χ4n) is 2.68. The molecule has 0 aliphatic carbocycles. The lowest BCUT2D eigenvalue weighted by atomic mass is 10.2. The quantitative estimate of drug-likeness (QED) is 0.405. The molecule has 0 radical (unpaired) electrons. The van der Waals surface area contributed by atoms with Crippen LogP contribution < -0.4 is 5.32 Å². The minimum Gasteiger partial charge on any atom is -0.300 e. The van der Waals surface area contributed by atoms with Gasteiger partial charge in [-0.25, -0.2) is 4.99 Å². The number of aryl methyl sites for hydroxylation is 1. The number of aliphatic imine (C=N–C) groups is 1. The van der Waals surface area contributed by atoms with Crippen molar-refractivity contribution in [2.75, 3.05) is 0 Å². The van der Waals surface area contributed by atoms with Crippen LogP contribution in [0.3, 0.4) is 0 Å². The van der Waals surface area contributed by atoms with Gasteiger partial charge in [0.15, 0.2) is 5.17 Å². The topological polar surface area (TPSA) is 41.5 Å². The van der Waals surface area contributed by atoms with E-state index in [4.69, 9.17) is 23.2 Å². The van der Waals surface area contributed by atoms with E-state index in [1.54, 1.807) is 30.0 Å². The second kappa shape index (κ2) is 9.31. The van der Waals surface area contributed by atoms with Crippen LogP contribution in [0.1, 0.15) is 11.1 Å². The highest BCUT2D eigenvalue weighted by atomic mass is 35.5. The van der Waals surface area contributed by atoms with Crippen LogP contribution in [0.25, 0.3) is 6.08 Å². The lowest BCUT2D eigenvalue weighted by molar-refractivity contribution is -0.115. The van der Waals surface area contributed by atoms with E-state index in [1.807, 2.05) is 18.2 Å². The highest BCUT2D eigenvalue weighted by molar-refractivity contribution is 8.18. The first kappa shape index (κ1) is 21.1. The molecule has 0 aromatic heterocycles. The number of carbonyl (C=O) groups excluding carboxylic acids is 1. The van der Waals surface area contributed by atoms with E-state index < -0.39 is 0 Å². The normalized spacial score (nSPS) is 16.3. The van der Waals surface area contributed by atoms with Gasteiger partial charge in [-0.15, -0.1) is 0 Å². The van der Waals surface area contributed by atoms with Crippen molar-refractivity contribution in [1.29, 1.82) is 0 Å². The Labute approximate surface area is 193 Å². The number of thioether (sulfide) groups is 1. The summed E-state index contributed by atoms with van der Waals surface area (Å²) in [7, 11) is 0. The third-order valence-electron chi connectivity index (χ3n) is 4.22. The average molecular weight is 471 g/mol. The van der Waals surface area contributed by atoms with Crippen molar-refractivity contribution in [1.82, 2.24) is 5.32 Å². The van der Waals surface area contributed by atoms with E-state index in [2.05, 4.69) is 53.6 Å². The molecule has 1 saturated heterocycles. The average Bonchev–Trinajstić information content (AvgIpc) is 3.07. The van der Waals surface area contributed by atoms with E-state index in [0.717, 1.165) is 10.5 Å². The lowest BCUT2D eigenvalue weighted by Crippen LogP contribution is -2.19. The van der Waals surface area contributed by atoms with Crippen LogP contribution in [0.2, 0.25) is 10.0 Å². The van der Waals surface area contributed by atoms with Crippen LogP contribution in [-0.2, 0) is 4.79 Å². The fourth-order valence-corrected chi connectivity index (χ4v) is 4.63. The summed E-state index contributed by atoms with van der Waals surface area (Å²) >= 11 is 15.0. The van der Waals surface area contributed by atoms with Gasteiger partial charge in [-0.1, -0.05) is 64.8 Å². The van der Waals surface area contributed by atoms with Crippen molar-refractivity contribution in [2.24, 2.45) is 4.99 Å². The van der Waals surface area contributed by atoms with E-state index >= 15 is 0 Å². The van der Waals surface area contributed by atoms with Gasteiger partial charge in [0.1, 0.15) is 0 Å². The molecule has 3 aromatic rings. The van der Waals surface area contributed by atoms with Crippen molar-refractivity contribution in [3.8, 4) is 0 Å². The monoisotopic (exact) mass is 470 g/mol. The van der Waals surface area contributed by atoms with E-state index in [1.165, 1.54) is 22.2 Å². The number of carbonyl (C=O) groups is 1. The molecule has 1 amide bonds. The number of nitrogens with zero attached hydrogens (tertiary/aromatic N) is 1. The molecule has 30 heavy (non-hydrogen) atoms. The van der Waals surface area contributed by atoms with Gasteiger partial charge >= 0.3 is 0 Å². The van der Waals surface area contributed by atoms with E-state index in [-0.39, 0.29) is 5.91 Å². The van der Waals surface area contributed by atoms with Gasteiger partial charge in [0.2, 0.25) is 0 Å². The number of benzene rings is 3. The van der Waals surface area contributed by atoms with Crippen molar-refractivity contribution >= 4 is 69.6 Å². The number of amides is 1. The Kier molecular flexibility index (Phi) is 6.54. The number of hydrogen-bond donors (Lipinski definition) is 1. The molecule has 1 fully saturated rings. The largest absolute Gasteiger partial charge is 0.300 e. The SMILES string of the molecule is Cc1ccc(Sc2ccc(/C=C3\SC(=Nc4ccc(Cl)c(Cl)c4)NC3=O)cc2)cc1. The number of hydrogen-bond acceptors (Lipinski definition) is 4. The molecule has 1 aliphatic heterocycles. The molecule has 1 heterocycles. The van der Waals surface area contributed by atoms with Crippen LogP contribution in [0.15, 0.2) is 86.4 Å². The Morgan fingerprint density at radius 3 is 2.27 bits per heavy atom. The van der Waals surface area contributed by atoms with Gasteiger partial charge in [0, 0.05) is 9.79 Å². The molecule has 3 aromatic carbocycles. The molecule has 1 N–H and O–H groups in total. The highest BCUT2D eigenvalue weighted by Crippen LogP contribution is 2.32. The standard InChI is InChI=1S/C23H16Cl2N2OS2/c1-14-2-7-17(8-3-14)29-18-9-4-15(5-10-18)12-21-22(28)27-23(30-21)26-16-6-11-19(24)20(25)13-16/h2-13H,1H3,(H,26,27,28)/b21-12-. The predicted octanol–water partition coefficient (Wildman–Crippen LogP) is 7.34. The molecule has 0 unspecified atom stereocenters. The second-order valence-electron chi connectivity index (χ2n) is 6.56. The zero-order valence-corrected chi connectivity index (χ0v) is 19.0. The van der Waals surface area contributed by atoms with Gasteiger partial charge in [-0.3, -0.25) is 4.79 Å². The summed E-state index contributed by atoms with van der Waals surface area (Å²) in [4.78, 5) is 19.7. The Morgan fingerprint density at radius 1 is 0.933 bits per heavy atom. The first-order valence-corrected chi connectivity index (χ1v) is 11.4. The first-order valence-electron chi connectivity index (χ1n) is 9.05. The summed E-state index contributed by atoms with van der Waals surface area (Å²) in [6.45, 7) is 2.08. The molecule has 0 atom stereocenters. The zero-order valence-electron chi connectivity index (χ0n) is 15.9. The summed E-state index contributed by atoms with van der Waals surface area (Å²) in [5.41, 5.74) is 2.83. The van der Waals surface area contributed by atoms with Gasteiger partial charge in [0.25, 0.3) is 5.91 Å². The maximum atomic E-state index is 12.3. The molecular weight excluding hydrogens is 455 g/mol. The smallest absolute Gasteiger partial charge is 0.264 e. The minimum absolute atomic E-state index is 0.170. The van der Waals surface area contributed by atoms with Gasteiger partial charge < -0.3 is 5.32 Å². The summed E-state index contributed by atoms with van der Waals surface area (Å²) in [6.07, 6.45) is 1.86. The molecule has 0 bridgehead atoms. The van der Waals surface area contributed by atoms with Crippen molar-refractivity contribution in [3.05, 3.63) is 92.8 Å². The minimum atomic E-state index is -0.170. The molecule has 3 nitrogen and oxygen atoms in total. The molecule has 1 aliphatic rings. The predicted molar refractivity (Wildman–Crippen MR) is 129 cm³/mol. The molecule has 150 valence electrons. The van der Waals surface area contributed by atoms with Crippen LogP contribution in [0, 0.1) is 6.92 Å². The number of halogens is 2. The molecule has 0 saturated carbocycles. The fraction of sp³-hybridized carbons (Fsp3) is 0.0435. The Hall–Kier alpha value is -2.18. The molecular formula is C23H16Cl2N2OS2. The third kappa shape index (κ3) is 5.29. The lowest BCUT2D eigenvalue weighted by Gasteiger charge is -2.03. The van der Waals surface area contributed by atoms with Crippen LogP contribution in [0.4, 0.5) is 5.69 Å².